The minimum absolute atomic E-state index is 0.0202. The second-order valence-corrected chi connectivity index (χ2v) is 11.7. The van der Waals surface area contributed by atoms with Crippen LogP contribution in [0.15, 0.2) is 120 Å². The summed E-state index contributed by atoms with van der Waals surface area (Å²) < 4.78 is 34.7. The van der Waals surface area contributed by atoms with Crippen LogP contribution in [0.1, 0.15) is 25.0 Å². The molecule has 4 rings (SSSR count). The summed E-state index contributed by atoms with van der Waals surface area (Å²) >= 11 is 0. The first-order chi connectivity index (χ1) is 20.8. The average molecular weight is 600 g/mol. The highest BCUT2D eigenvalue weighted by molar-refractivity contribution is 7.92. The van der Waals surface area contributed by atoms with Gasteiger partial charge in [0.15, 0.2) is 0 Å². The van der Waals surface area contributed by atoms with Crippen LogP contribution in [-0.2, 0) is 32.6 Å². The van der Waals surface area contributed by atoms with Crippen LogP contribution < -0.4 is 14.4 Å². The van der Waals surface area contributed by atoms with E-state index in [0.717, 1.165) is 15.4 Å². The van der Waals surface area contributed by atoms with Crippen molar-refractivity contribution in [3.8, 4) is 5.75 Å². The number of carbonyl (C=O) groups excluding carboxylic acids is 2. The topological polar surface area (TPSA) is 96.0 Å². The van der Waals surface area contributed by atoms with Crippen LogP contribution in [0.3, 0.4) is 0 Å². The number of sulfonamides is 1. The molecule has 8 nitrogen and oxygen atoms in total. The number of ether oxygens (including phenoxy) is 1. The minimum atomic E-state index is -4.17. The maximum Gasteiger partial charge on any atom is 0.264 e. The number of anilines is 1. The van der Waals surface area contributed by atoms with Gasteiger partial charge in [0.1, 0.15) is 18.3 Å². The average Bonchev–Trinajstić information content (AvgIpc) is 3.03. The van der Waals surface area contributed by atoms with Gasteiger partial charge in [0.25, 0.3) is 10.0 Å². The van der Waals surface area contributed by atoms with Crippen molar-refractivity contribution in [2.75, 3.05) is 24.0 Å². The van der Waals surface area contributed by atoms with Crippen molar-refractivity contribution in [1.82, 2.24) is 10.2 Å². The minimum Gasteiger partial charge on any atom is -0.494 e. The molecule has 0 unspecified atom stereocenters. The van der Waals surface area contributed by atoms with Gasteiger partial charge in [0, 0.05) is 19.5 Å². The maximum absolute atomic E-state index is 14.3. The lowest BCUT2D eigenvalue weighted by atomic mass is 10.0. The Balaban J connectivity index is 1.75. The van der Waals surface area contributed by atoms with Crippen LogP contribution in [0, 0.1) is 0 Å². The Morgan fingerprint density at radius 2 is 1.33 bits per heavy atom. The molecule has 0 heterocycles. The highest BCUT2D eigenvalue weighted by Gasteiger charge is 2.34. The third kappa shape index (κ3) is 8.23. The van der Waals surface area contributed by atoms with Gasteiger partial charge in [-0.05, 0) is 61.4 Å². The van der Waals surface area contributed by atoms with E-state index in [4.69, 9.17) is 4.74 Å². The lowest BCUT2D eigenvalue weighted by Crippen LogP contribution is -2.53. The number of hydrogen-bond acceptors (Lipinski definition) is 5. The van der Waals surface area contributed by atoms with Crippen molar-refractivity contribution in [2.45, 2.75) is 37.8 Å². The fraction of sp³-hybridized carbons (Fsp3) is 0.235. The van der Waals surface area contributed by atoms with Gasteiger partial charge in [-0.15, -0.1) is 0 Å². The van der Waals surface area contributed by atoms with Crippen LogP contribution in [0.4, 0.5) is 5.69 Å². The third-order valence-electron chi connectivity index (χ3n) is 6.86. The first-order valence-electron chi connectivity index (χ1n) is 14.3. The summed E-state index contributed by atoms with van der Waals surface area (Å²) in [7, 11) is -4.17. The van der Waals surface area contributed by atoms with E-state index in [2.05, 4.69) is 5.32 Å². The maximum atomic E-state index is 14.3. The number of likely N-dealkylation sites (N-methyl/N-ethyl adjacent to an activating group) is 1. The number of amides is 2. The molecule has 2 amide bonds. The Labute approximate surface area is 254 Å². The van der Waals surface area contributed by atoms with Crippen LogP contribution >= 0.6 is 0 Å². The SMILES string of the molecule is CCNC(=O)[C@@H](Cc1ccccc1)N(Cc1ccccc1)C(=O)CN(c1ccccc1)S(=O)(=O)c1ccc(OCC)cc1. The zero-order valence-electron chi connectivity index (χ0n) is 24.4. The molecule has 4 aromatic carbocycles. The van der Waals surface area contributed by atoms with Crippen molar-refractivity contribution in [1.29, 1.82) is 0 Å². The summed E-state index contributed by atoms with van der Waals surface area (Å²) in [6.45, 7) is 4.13. The van der Waals surface area contributed by atoms with E-state index in [9.17, 15) is 18.0 Å². The van der Waals surface area contributed by atoms with E-state index in [-0.39, 0.29) is 23.8 Å². The quantitative estimate of drug-likeness (QED) is 0.219. The van der Waals surface area contributed by atoms with E-state index >= 15 is 0 Å². The molecular formula is C34H37N3O5S. The molecule has 224 valence electrons. The smallest absolute Gasteiger partial charge is 0.264 e. The fourth-order valence-electron chi connectivity index (χ4n) is 4.75. The molecule has 0 fully saturated rings. The molecular weight excluding hydrogens is 562 g/mol. The summed E-state index contributed by atoms with van der Waals surface area (Å²) in [6.07, 6.45) is 0.266. The van der Waals surface area contributed by atoms with Gasteiger partial charge in [-0.1, -0.05) is 78.9 Å². The van der Waals surface area contributed by atoms with Crippen molar-refractivity contribution in [2.24, 2.45) is 0 Å². The molecule has 0 radical (unpaired) electrons. The molecule has 0 saturated carbocycles. The van der Waals surface area contributed by atoms with Crippen molar-refractivity contribution >= 4 is 27.5 Å². The summed E-state index contributed by atoms with van der Waals surface area (Å²) in [5, 5.41) is 2.87. The van der Waals surface area contributed by atoms with Gasteiger partial charge in [0.2, 0.25) is 11.8 Å². The Morgan fingerprint density at radius 3 is 1.88 bits per heavy atom. The summed E-state index contributed by atoms with van der Waals surface area (Å²) in [5.41, 5.74) is 2.03. The standard InChI is InChI=1S/C34H37N3O5S/c1-3-35-34(39)32(24-27-14-8-5-9-15-27)36(25-28-16-10-6-11-17-28)33(38)26-37(29-18-12-7-13-19-29)43(40,41)31-22-20-30(21-23-31)42-4-2/h5-23,32H,3-4,24-26H2,1-2H3,(H,35,39)/t32-/m1/s1. The van der Waals surface area contributed by atoms with Gasteiger partial charge in [-0.2, -0.15) is 0 Å². The normalized spacial score (nSPS) is 11.8. The van der Waals surface area contributed by atoms with Crippen LogP contribution in [0.5, 0.6) is 5.75 Å². The highest BCUT2D eigenvalue weighted by atomic mass is 32.2. The summed E-state index contributed by atoms with van der Waals surface area (Å²) in [5.74, 6) is -0.269. The molecule has 9 heteroatoms. The molecule has 0 saturated heterocycles. The van der Waals surface area contributed by atoms with E-state index in [1.165, 1.54) is 17.0 Å². The van der Waals surface area contributed by atoms with E-state index < -0.39 is 28.5 Å². The molecule has 0 aliphatic carbocycles. The van der Waals surface area contributed by atoms with E-state index in [0.29, 0.717) is 24.6 Å². The zero-order valence-corrected chi connectivity index (χ0v) is 25.2. The van der Waals surface area contributed by atoms with Gasteiger partial charge in [-0.3, -0.25) is 13.9 Å². The highest BCUT2D eigenvalue weighted by Crippen LogP contribution is 2.26. The van der Waals surface area contributed by atoms with Crippen molar-refractivity contribution < 1.29 is 22.7 Å². The fourth-order valence-corrected chi connectivity index (χ4v) is 6.17. The van der Waals surface area contributed by atoms with Crippen molar-refractivity contribution in [3.05, 3.63) is 126 Å². The lowest BCUT2D eigenvalue weighted by molar-refractivity contribution is -0.140. The molecule has 4 aromatic rings. The van der Waals surface area contributed by atoms with Crippen LogP contribution in [-0.4, -0.2) is 50.9 Å². The van der Waals surface area contributed by atoms with Crippen LogP contribution in [0.25, 0.3) is 0 Å². The number of benzene rings is 4. The van der Waals surface area contributed by atoms with Crippen molar-refractivity contribution in [3.63, 3.8) is 0 Å². The zero-order chi connectivity index (χ0) is 30.7. The summed E-state index contributed by atoms with van der Waals surface area (Å²) in [6, 6.07) is 32.6. The molecule has 0 spiro atoms. The number of para-hydroxylation sites is 1. The van der Waals surface area contributed by atoms with E-state index in [1.54, 1.807) is 42.5 Å². The molecule has 0 aliphatic rings. The largest absolute Gasteiger partial charge is 0.494 e. The first-order valence-corrected chi connectivity index (χ1v) is 15.7. The monoisotopic (exact) mass is 599 g/mol. The summed E-state index contributed by atoms with van der Waals surface area (Å²) in [4.78, 5) is 29.3. The Morgan fingerprint density at radius 1 is 0.767 bits per heavy atom. The number of hydrogen-bond donors (Lipinski definition) is 1. The Hall–Kier alpha value is -4.63. The van der Waals surface area contributed by atoms with Gasteiger partial charge in [-0.25, -0.2) is 8.42 Å². The molecule has 0 bridgehead atoms. The predicted molar refractivity (Wildman–Crippen MR) is 168 cm³/mol. The molecule has 1 atom stereocenters. The predicted octanol–water partition coefficient (Wildman–Crippen LogP) is 5.06. The number of nitrogens with one attached hydrogen (secondary N) is 1. The third-order valence-corrected chi connectivity index (χ3v) is 8.65. The molecule has 43 heavy (non-hydrogen) atoms. The first kappa shape index (κ1) is 31.3. The molecule has 0 aromatic heterocycles. The lowest BCUT2D eigenvalue weighted by Gasteiger charge is -2.33. The Bertz CT molecular complexity index is 1570. The molecule has 1 N–H and O–H groups in total. The number of rotatable bonds is 14. The van der Waals surface area contributed by atoms with Gasteiger partial charge in [0.05, 0.1) is 17.2 Å². The molecule has 0 aliphatic heterocycles. The van der Waals surface area contributed by atoms with E-state index in [1.807, 2.05) is 74.5 Å². The second-order valence-electron chi connectivity index (χ2n) is 9.86. The van der Waals surface area contributed by atoms with Crippen LogP contribution in [0.2, 0.25) is 0 Å². The van der Waals surface area contributed by atoms with Gasteiger partial charge < -0.3 is 15.0 Å². The number of carbonyl (C=O) groups is 2. The number of nitrogens with zero attached hydrogens (tertiary/aromatic N) is 2. The Kier molecular flexibility index (Phi) is 10.9. The van der Waals surface area contributed by atoms with Gasteiger partial charge >= 0.3 is 0 Å². The second kappa shape index (κ2) is 15.0.